The smallest absolute Gasteiger partial charge is 0.165 e. The summed E-state index contributed by atoms with van der Waals surface area (Å²) in [6.45, 7) is 4.51. The first-order chi connectivity index (χ1) is 9.24. The fourth-order valence-electron chi connectivity index (χ4n) is 2.68. The van der Waals surface area contributed by atoms with Gasteiger partial charge in [-0.3, -0.25) is 0 Å². The van der Waals surface area contributed by atoms with Gasteiger partial charge in [0, 0.05) is 6.04 Å². The molecule has 4 heteroatoms. The molecule has 1 aromatic carbocycles. The quantitative estimate of drug-likeness (QED) is 0.830. The van der Waals surface area contributed by atoms with Crippen molar-refractivity contribution in [1.29, 1.82) is 0 Å². The lowest BCUT2D eigenvalue weighted by Crippen LogP contribution is -2.21. The molecule has 2 N–H and O–H groups in total. The van der Waals surface area contributed by atoms with Crippen LogP contribution in [0.3, 0.4) is 0 Å². The van der Waals surface area contributed by atoms with Gasteiger partial charge in [-0.25, -0.2) is 4.39 Å². The summed E-state index contributed by atoms with van der Waals surface area (Å²) in [7, 11) is 1.93. The molecule has 0 bridgehead atoms. The van der Waals surface area contributed by atoms with E-state index in [2.05, 4.69) is 10.6 Å². The molecule has 1 aliphatic rings. The minimum absolute atomic E-state index is 0.204. The Bertz CT molecular complexity index is 405. The summed E-state index contributed by atoms with van der Waals surface area (Å²) in [6, 6.07) is 5.48. The third kappa shape index (κ3) is 3.67. The van der Waals surface area contributed by atoms with Crippen molar-refractivity contribution in [2.45, 2.75) is 25.8 Å². The standard InChI is InChI=1S/C15H23FN2O/c1-3-19-15-5-4-12(9-13(15)16)14(17-2)8-11-6-7-18-10-11/h4-5,9,11,14,17-18H,3,6-8,10H2,1-2H3. The lowest BCUT2D eigenvalue weighted by molar-refractivity contribution is 0.320. The first-order valence-corrected chi connectivity index (χ1v) is 7.04. The largest absolute Gasteiger partial charge is 0.491 e. The van der Waals surface area contributed by atoms with Crippen LogP contribution in [-0.4, -0.2) is 26.7 Å². The van der Waals surface area contributed by atoms with Crippen molar-refractivity contribution < 1.29 is 9.13 Å². The SMILES string of the molecule is CCOc1ccc(C(CC2CCNC2)NC)cc1F. The van der Waals surface area contributed by atoms with Gasteiger partial charge in [0.15, 0.2) is 11.6 Å². The lowest BCUT2D eigenvalue weighted by atomic mass is 9.94. The number of hydrogen-bond acceptors (Lipinski definition) is 3. The number of nitrogens with one attached hydrogen (secondary N) is 2. The second-order valence-corrected chi connectivity index (χ2v) is 5.06. The molecule has 0 radical (unpaired) electrons. The summed E-state index contributed by atoms with van der Waals surface area (Å²) < 4.78 is 19.1. The molecule has 1 aromatic rings. The van der Waals surface area contributed by atoms with E-state index in [-0.39, 0.29) is 11.9 Å². The zero-order valence-corrected chi connectivity index (χ0v) is 11.7. The molecule has 0 aliphatic carbocycles. The Morgan fingerprint density at radius 3 is 2.95 bits per heavy atom. The van der Waals surface area contributed by atoms with Gasteiger partial charge in [0.2, 0.25) is 0 Å². The van der Waals surface area contributed by atoms with Gasteiger partial charge in [-0.1, -0.05) is 6.07 Å². The van der Waals surface area contributed by atoms with E-state index < -0.39 is 0 Å². The van der Waals surface area contributed by atoms with Gasteiger partial charge in [-0.05, 0) is 63.5 Å². The molecule has 19 heavy (non-hydrogen) atoms. The van der Waals surface area contributed by atoms with Crippen molar-refractivity contribution >= 4 is 0 Å². The highest BCUT2D eigenvalue weighted by Crippen LogP contribution is 2.27. The summed E-state index contributed by atoms with van der Waals surface area (Å²) in [5.74, 6) is 0.736. The number of hydrogen-bond donors (Lipinski definition) is 2. The molecule has 1 saturated heterocycles. The summed E-state index contributed by atoms with van der Waals surface area (Å²) in [6.07, 6.45) is 2.24. The Kier molecular flexibility index (Phi) is 5.16. The van der Waals surface area contributed by atoms with E-state index in [9.17, 15) is 4.39 Å². The van der Waals surface area contributed by atoms with Gasteiger partial charge in [0.1, 0.15) is 0 Å². The minimum Gasteiger partial charge on any atom is -0.491 e. The van der Waals surface area contributed by atoms with E-state index in [0.29, 0.717) is 18.3 Å². The molecule has 0 aromatic heterocycles. The first kappa shape index (κ1) is 14.3. The van der Waals surface area contributed by atoms with Crippen molar-refractivity contribution in [3.8, 4) is 5.75 Å². The van der Waals surface area contributed by atoms with E-state index in [0.717, 1.165) is 25.1 Å². The van der Waals surface area contributed by atoms with Crippen LogP contribution in [-0.2, 0) is 0 Å². The molecule has 2 unspecified atom stereocenters. The van der Waals surface area contributed by atoms with Crippen molar-refractivity contribution in [3.05, 3.63) is 29.6 Å². The molecule has 1 aliphatic heterocycles. The number of rotatable bonds is 6. The van der Waals surface area contributed by atoms with Crippen molar-refractivity contribution in [1.82, 2.24) is 10.6 Å². The Morgan fingerprint density at radius 2 is 2.37 bits per heavy atom. The van der Waals surface area contributed by atoms with E-state index in [1.807, 2.05) is 20.0 Å². The van der Waals surface area contributed by atoms with Gasteiger partial charge >= 0.3 is 0 Å². The summed E-state index contributed by atoms with van der Waals surface area (Å²) in [5, 5.41) is 6.66. The molecule has 106 valence electrons. The maximum absolute atomic E-state index is 13.9. The summed E-state index contributed by atoms with van der Waals surface area (Å²) in [5.41, 5.74) is 0.996. The average molecular weight is 266 g/mol. The monoisotopic (exact) mass is 266 g/mol. The van der Waals surface area contributed by atoms with Gasteiger partial charge in [0.05, 0.1) is 6.61 Å². The number of ether oxygens (including phenoxy) is 1. The highest BCUT2D eigenvalue weighted by molar-refractivity contribution is 5.31. The van der Waals surface area contributed by atoms with Crippen molar-refractivity contribution in [3.63, 3.8) is 0 Å². The second-order valence-electron chi connectivity index (χ2n) is 5.06. The van der Waals surface area contributed by atoms with Crippen molar-refractivity contribution in [2.24, 2.45) is 5.92 Å². The fraction of sp³-hybridized carbons (Fsp3) is 0.600. The molecule has 3 nitrogen and oxygen atoms in total. The van der Waals surface area contributed by atoms with E-state index in [4.69, 9.17) is 4.74 Å². The Morgan fingerprint density at radius 1 is 1.53 bits per heavy atom. The Labute approximate surface area is 114 Å². The first-order valence-electron chi connectivity index (χ1n) is 7.04. The summed E-state index contributed by atoms with van der Waals surface area (Å²) >= 11 is 0. The molecule has 0 saturated carbocycles. The van der Waals surface area contributed by atoms with Crippen LogP contribution in [0.4, 0.5) is 4.39 Å². The third-order valence-corrected chi connectivity index (χ3v) is 3.74. The zero-order chi connectivity index (χ0) is 13.7. The molecule has 1 fully saturated rings. The van der Waals surface area contributed by atoms with Crippen LogP contribution < -0.4 is 15.4 Å². The Hall–Kier alpha value is -1.13. The zero-order valence-electron chi connectivity index (χ0n) is 11.7. The normalized spacial score (nSPS) is 20.5. The van der Waals surface area contributed by atoms with Gasteiger partial charge in [0.25, 0.3) is 0 Å². The second kappa shape index (κ2) is 6.87. The number of benzene rings is 1. The topological polar surface area (TPSA) is 33.3 Å². The third-order valence-electron chi connectivity index (χ3n) is 3.74. The predicted octanol–water partition coefficient (Wildman–Crippen LogP) is 2.48. The highest BCUT2D eigenvalue weighted by Gasteiger charge is 2.20. The van der Waals surface area contributed by atoms with Gasteiger partial charge in [-0.2, -0.15) is 0 Å². The minimum atomic E-state index is -0.274. The van der Waals surface area contributed by atoms with Crippen LogP contribution in [0.1, 0.15) is 31.4 Å². The predicted molar refractivity (Wildman–Crippen MR) is 75.0 cm³/mol. The number of halogens is 1. The highest BCUT2D eigenvalue weighted by atomic mass is 19.1. The van der Waals surface area contributed by atoms with Gasteiger partial charge < -0.3 is 15.4 Å². The molecule has 2 atom stereocenters. The average Bonchev–Trinajstić information content (AvgIpc) is 2.91. The van der Waals surface area contributed by atoms with Crippen LogP contribution in [0.5, 0.6) is 5.75 Å². The van der Waals surface area contributed by atoms with Crippen LogP contribution in [0, 0.1) is 11.7 Å². The molecule has 2 rings (SSSR count). The van der Waals surface area contributed by atoms with Crippen LogP contribution in [0.15, 0.2) is 18.2 Å². The van der Waals surface area contributed by atoms with E-state index >= 15 is 0 Å². The molecule has 0 spiro atoms. The molecular formula is C15H23FN2O. The molecule has 1 heterocycles. The van der Waals surface area contributed by atoms with Crippen LogP contribution in [0.2, 0.25) is 0 Å². The Balaban J connectivity index is 2.06. The maximum Gasteiger partial charge on any atom is 0.165 e. The maximum atomic E-state index is 13.9. The van der Waals surface area contributed by atoms with Crippen LogP contribution in [0.25, 0.3) is 0 Å². The van der Waals surface area contributed by atoms with Crippen LogP contribution >= 0.6 is 0 Å². The lowest BCUT2D eigenvalue weighted by Gasteiger charge is -2.20. The molecular weight excluding hydrogens is 243 g/mol. The summed E-state index contributed by atoms with van der Waals surface area (Å²) in [4.78, 5) is 0. The van der Waals surface area contributed by atoms with Crippen molar-refractivity contribution in [2.75, 3.05) is 26.7 Å². The van der Waals surface area contributed by atoms with E-state index in [1.165, 1.54) is 6.42 Å². The van der Waals surface area contributed by atoms with E-state index in [1.54, 1.807) is 12.1 Å². The molecule has 0 amide bonds. The van der Waals surface area contributed by atoms with Gasteiger partial charge in [-0.15, -0.1) is 0 Å². The fourth-order valence-corrected chi connectivity index (χ4v) is 2.68.